The van der Waals surface area contributed by atoms with Crippen LogP contribution in [0.25, 0.3) is 0 Å². The molecule has 0 radical (unpaired) electrons. The van der Waals surface area contributed by atoms with Crippen molar-refractivity contribution < 1.29 is 5.11 Å². The number of nitrogens with one attached hydrogen (secondary N) is 1. The van der Waals surface area contributed by atoms with Gasteiger partial charge in [0.2, 0.25) is 0 Å². The van der Waals surface area contributed by atoms with E-state index in [4.69, 9.17) is 0 Å². The van der Waals surface area contributed by atoms with Gasteiger partial charge in [0.25, 0.3) is 0 Å². The number of rotatable bonds is 4. The Labute approximate surface area is 103 Å². The second-order valence-corrected chi connectivity index (χ2v) is 4.82. The van der Waals surface area contributed by atoms with Crippen LogP contribution in [0.1, 0.15) is 26.2 Å². The van der Waals surface area contributed by atoms with Crippen molar-refractivity contribution in [2.75, 3.05) is 29.9 Å². The van der Waals surface area contributed by atoms with Gasteiger partial charge in [-0.2, -0.15) is 0 Å². The molecular weight excluding hydrogens is 212 g/mol. The first-order valence-electron chi connectivity index (χ1n) is 6.52. The van der Waals surface area contributed by atoms with Crippen LogP contribution in [0.4, 0.5) is 11.4 Å². The smallest absolute Gasteiger partial charge is 0.0684 e. The second kappa shape index (κ2) is 5.92. The van der Waals surface area contributed by atoms with Crippen LogP contribution in [-0.2, 0) is 0 Å². The minimum Gasteiger partial charge on any atom is -0.392 e. The Morgan fingerprint density at radius 3 is 2.41 bits per heavy atom. The van der Waals surface area contributed by atoms with E-state index in [1.165, 1.54) is 38.0 Å². The van der Waals surface area contributed by atoms with E-state index in [-0.39, 0.29) is 6.10 Å². The summed E-state index contributed by atoms with van der Waals surface area (Å²) in [5.74, 6) is 0. The van der Waals surface area contributed by atoms with Gasteiger partial charge < -0.3 is 15.3 Å². The highest BCUT2D eigenvalue weighted by Gasteiger charge is 2.10. The van der Waals surface area contributed by atoms with Crippen LogP contribution in [0.15, 0.2) is 24.3 Å². The van der Waals surface area contributed by atoms with Gasteiger partial charge in [0, 0.05) is 31.0 Å². The Hall–Kier alpha value is -1.22. The Kier molecular flexibility index (Phi) is 4.26. The standard InChI is InChI=1S/C14H22N2O/c1-12(17)11-15-13-5-7-14(8-6-13)16-9-3-2-4-10-16/h5-8,12,15,17H,2-4,9-11H2,1H3/t12-/m1/s1. The molecular formula is C14H22N2O. The lowest BCUT2D eigenvalue weighted by atomic mass is 10.1. The molecule has 0 aliphatic carbocycles. The number of hydrogen-bond donors (Lipinski definition) is 2. The first-order valence-corrected chi connectivity index (χ1v) is 6.52. The minimum absolute atomic E-state index is 0.309. The van der Waals surface area contributed by atoms with Crippen LogP contribution in [0, 0.1) is 0 Å². The molecule has 1 fully saturated rings. The molecule has 0 unspecified atom stereocenters. The average molecular weight is 234 g/mol. The van der Waals surface area contributed by atoms with E-state index < -0.39 is 0 Å². The third kappa shape index (κ3) is 3.63. The molecule has 0 aromatic heterocycles. The van der Waals surface area contributed by atoms with Crippen LogP contribution in [0.3, 0.4) is 0 Å². The summed E-state index contributed by atoms with van der Waals surface area (Å²) in [6.07, 6.45) is 3.67. The first kappa shape index (κ1) is 12.2. The lowest BCUT2D eigenvalue weighted by molar-refractivity contribution is 0.208. The van der Waals surface area contributed by atoms with Gasteiger partial charge in [0.1, 0.15) is 0 Å². The lowest BCUT2D eigenvalue weighted by Crippen LogP contribution is -2.29. The highest BCUT2D eigenvalue weighted by molar-refractivity contribution is 5.55. The van der Waals surface area contributed by atoms with Crippen LogP contribution in [0.5, 0.6) is 0 Å². The minimum atomic E-state index is -0.309. The van der Waals surface area contributed by atoms with E-state index in [0.717, 1.165) is 5.69 Å². The normalized spacial score (nSPS) is 17.9. The molecule has 1 saturated heterocycles. The Bertz CT molecular complexity index is 329. The van der Waals surface area contributed by atoms with E-state index in [1.54, 1.807) is 6.92 Å². The predicted molar refractivity (Wildman–Crippen MR) is 72.7 cm³/mol. The molecule has 0 amide bonds. The fourth-order valence-corrected chi connectivity index (χ4v) is 2.21. The predicted octanol–water partition coefficient (Wildman–Crippen LogP) is 2.47. The zero-order chi connectivity index (χ0) is 12.1. The molecule has 0 bridgehead atoms. The number of aliphatic hydroxyl groups excluding tert-OH is 1. The molecule has 3 heteroatoms. The quantitative estimate of drug-likeness (QED) is 0.840. The van der Waals surface area contributed by atoms with Gasteiger partial charge >= 0.3 is 0 Å². The van der Waals surface area contributed by atoms with Crippen molar-refractivity contribution in [3.8, 4) is 0 Å². The van der Waals surface area contributed by atoms with Crippen molar-refractivity contribution in [1.82, 2.24) is 0 Å². The van der Waals surface area contributed by atoms with Crippen molar-refractivity contribution in [3.63, 3.8) is 0 Å². The molecule has 1 atom stereocenters. The SMILES string of the molecule is C[C@@H](O)CNc1ccc(N2CCCCC2)cc1. The van der Waals surface area contributed by atoms with Crippen molar-refractivity contribution in [2.45, 2.75) is 32.3 Å². The third-order valence-corrected chi connectivity index (χ3v) is 3.19. The topological polar surface area (TPSA) is 35.5 Å². The second-order valence-electron chi connectivity index (χ2n) is 4.82. The van der Waals surface area contributed by atoms with Gasteiger partial charge in [-0.3, -0.25) is 0 Å². The van der Waals surface area contributed by atoms with E-state index in [0.29, 0.717) is 6.54 Å². The molecule has 1 aliphatic rings. The Morgan fingerprint density at radius 2 is 1.82 bits per heavy atom. The largest absolute Gasteiger partial charge is 0.392 e. The molecule has 1 aliphatic heterocycles. The van der Waals surface area contributed by atoms with Crippen molar-refractivity contribution in [3.05, 3.63) is 24.3 Å². The molecule has 2 rings (SSSR count). The molecule has 17 heavy (non-hydrogen) atoms. The average Bonchev–Trinajstić information content (AvgIpc) is 2.38. The highest BCUT2D eigenvalue weighted by Crippen LogP contribution is 2.21. The summed E-state index contributed by atoms with van der Waals surface area (Å²) in [5, 5.41) is 12.4. The van der Waals surface area contributed by atoms with Gasteiger partial charge in [-0.25, -0.2) is 0 Å². The number of benzene rings is 1. The third-order valence-electron chi connectivity index (χ3n) is 3.19. The molecule has 2 N–H and O–H groups in total. The molecule has 1 aromatic rings. The van der Waals surface area contributed by atoms with Crippen LogP contribution >= 0.6 is 0 Å². The maximum Gasteiger partial charge on any atom is 0.0684 e. The van der Waals surface area contributed by atoms with Crippen LogP contribution < -0.4 is 10.2 Å². The van der Waals surface area contributed by atoms with Gasteiger partial charge in [0.05, 0.1) is 6.10 Å². The maximum atomic E-state index is 9.20. The zero-order valence-corrected chi connectivity index (χ0v) is 10.5. The summed E-state index contributed by atoms with van der Waals surface area (Å²) in [6, 6.07) is 8.50. The number of aliphatic hydroxyl groups is 1. The molecule has 3 nitrogen and oxygen atoms in total. The molecule has 94 valence electrons. The Balaban J connectivity index is 1.92. The molecule has 1 heterocycles. The first-order chi connectivity index (χ1) is 8.25. The summed E-state index contributed by atoms with van der Waals surface area (Å²) < 4.78 is 0. The number of nitrogens with zero attached hydrogens (tertiary/aromatic N) is 1. The number of hydrogen-bond acceptors (Lipinski definition) is 3. The zero-order valence-electron chi connectivity index (χ0n) is 10.5. The maximum absolute atomic E-state index is 9.20. The van der Waals surface area contributed by atoms with E-state index >= 15 is 0 Å². The van der Waals surface area contributed by atoms with Crippen molar-refractivity contribution in [1.29, 1.82) is 0 Å². The summed E-state index contributed by atoms with van der Waals surface area (Å²) >= 11 is 0. The fourth-order valence-electron chi connectivity index (χ4n) is 2.21. The van der Waals surface area contributed by atoms with Crippen molar-refractivity contribution in [2.24, 2.45) is 0 Å². The summed E-state index contributed by atoms with van der Waals surface area (Å²) in [5.41, 5.74) is 2.39. The van der Waals surface area contributed by atoms with E-state index in [9.17, 15) is 5.11 Å². The Morgan fingerprint density at radius 1 is 1.18 bits per heavy atom. The number of anilines is 2. The summed E-state index contributed by atoms with van der Waals surface area (Å²) in [6.45, 7) is 4.75. The molecule has 0 saturated carbocycles. The van der Waals surface area contributed by atoms with E-state index in [2.05, 4.69) is 34.5 Å². The molecule has 1 aromatic carbocycles. The van der Waals surface area contributed by atoms with E-state index in [1.807, 2.05) is 0 Å². The summed E-state index contributed by atoms with van der Waals surface area (Å²) in [7, 11) is 0. The molecule has 0 spiro atoms. The van der Waals surface area contributed by atoms with Crippen LogP contribution in [-0.4, -0.2) is 30.8 Å². The van der Waals surface area contributed by atoms with Crippen LogP contribution in [0.2, 0.25) is 0 Å². The monoisotopic (exact) mass is 234 g/mol. The lowest BCUT2D eigenvalue weighted by Gasteiger charge is -2.28. The van der Waals surface area contributed by atoms with Gasteiger partial charge in [0.15, 0.2) is 0 Å². The highest BCUT2D eigenvalue weighted by atomic mass is 16.3. The summed E-state index contributed by atoms with van der Waals surface area (Å²) in [4.78, 5) is 2.45. The van der Waals surface area contributed by atoms with Gasteiger partial charge in [-0.1, -0.05) is 0 Å². The number of piperidine rings is 1. The fraction of sp³-hybridized carbons (Fsp3) is 0.571. The van der Waals surface area contributed by atoms with Crippen molar-refractivity contribution >= 4 is 11.4 Å². The van der Waals surface area contributed by atoms with Gasteiger partial charge in [-0.05, 0) is 50.5 Å². The van der Waals surface area contributed by atoms with Gasteiger partial charge in [-0.15, -0.1) is 0 Å².